The fourth-order valence-electron chi connectivity index (χ4n) is 2.19. The van der Waals surface area contributed by atoms with E-state index in [1.165, 1.54) is 20.2 Å². The van der Waals surface area contributed by atoms with Crippen LogP contribution in [0.5, 0.6) is 11.8 Å². The summed E-state index contributed by atoms with van der Waals surface area (Å²) in [7, 11) is -8.09. The van der Waals surface area contributed by atoms with Crippen molar-refractivity contribution in [3.05, 3.63) is 29.8 Å². The average molecular weight is 458 g/mol. The van der Waals surface area contributed by atoms with Crippen LogP contribution in [0.2, 0.25) is 0 Å². The Bertz CT molecular complexity index is 1270. The highest BCUT2D eigenvalue weighted by molar-refractivity contribution is 7.90. The van der Waals surface area contributed by atoms with Crippen LogP contribution in [-0.4, -0.2) is 69.8 Å². The molecule has 1 aromatic heterocycles. The van der Waals surface area contributed by atoms with E-state index >= 15 is 0 Å². The zero-order valence-corrected chi connectivity index (χ0v) is 16.8. The third-order valence-corrected chi connectivity index (χ3v) is 4.84. The quantitative estimate of drug-likeness (QED) is 0.470. The van der Waals surface area contributed by atoms with Crippen molar-refractivity contribution in [3.63, 3.8) is 0 Å². The lowest BCUT2D eigenvalue weighted by molar-refractivity contribution is -0.105. The molecule has 1 aromatic carbocycles. The highest BCUT2D eigenvalue weighted by Gasteiger charge is 2.26. The van der Waals surface area contributed by atoms with Crippen LogP contribution in [0.1, 0.15) is 18.6 Å². The van der Waals surface area contributed by atoms with Crippen LogP contribution in [0.4, 0.5) is 16.4 Å². The summed E-state index contributed by atoms with van der Waals surface area (Å²) in [5, 5.41) is 4.11. The van der Waals surface area contributed by atoms with Crippen LogP contribution in [0.15, 0.2) is 29.2 Å². The first-order valence-corrected chi connectivity index (χ1v) is 9.55. The van der Waals surface area contributed by atoms with Crippen LogP contribution in [0, 0.1) is 0 Å². The van der Waals surface area contributed by atoms with E-state index in [0.29, 0.717) is 0 Å². The number of methoxy groups -OCH3 is 2. The van der Waals surface area contributed by atoms with Crippen molar-refractivity contribution >= 4 is 40.0 Å². The van der Waals surface area contributed by atoms with Gasteiger partial charge in [0, 0.05) is 19.8 Å². The number of nitrogens with zero attached hydrogens (tertiary/aromatic N) is 3. The van der Waals surface area contributed by atoms with Gasteiger partial charge < -0.3 is 19.7 Å². The Labute approximate surface area is 186 Å². The van der Waals surface area contributed by atoms with Crippen LogP contribution < -0.4 is 24.8 Å². The number of sulfonamides is 1. The molecule has 31 heavy (non-hydrogen) atoms. The maximum absolute atomic E-state index is 12.9. The number of amides is 4. The first-order valence-electron chi connectivity index (χ1n) is 11.1. The van der Waals surface area contributed by atoms with Crippen molar-refractivity contribution in [1.29, 1.82) is 0 Å². The predicted molar refractivity (Wildman–Crippen MR) is 109 cm³/mol. The van der Waals surface area contributed by atoms with Gasteiger partial charge in [-0.25, -0.2) is 17.9 Å². The second-order valence-electron chi connectivity index (χ2n) is 5.80. The molecular weight excluding hydrogens is 432 g/mol. The number of benzene rings is 1. The molecule has 0 aliphatic carbocycles. The number of anilines is 2. The summed E-state index contributed by atoms with van der Waals surface area (Å²) in [4.78, 5) is 43.2. The van der Waals surface area contributed by atoms with Crippen molar-refractivity contribution in [3.8, 4) is 11.8 Å². The first-order chi connectivity index (χ1) is 16.9. The number of ether oxygens (including phenoxy) is 2. The molecule has 1 heterocycles. The van der Waals surface area contributed by atoms with Gasteiger partial charge in [0.1, 0.15) is 4.90 Å². The van der Waals surface area contributed by atoms with E-state index in [4.69, 9.17) is 8.22 Å². The van der Waals surface area contributed by atoms with Crippen LogP contribution in [0.25, 0.3) is 0 Å². The molecule has 0 spiro atoms. The van der Waals surface area contributed by atoms with E-state index < -0.39 is 58.6 Å². The molecule has 0 radical (unpaired) electrons. The summed E-state index contributed by atoms with van der Waals surface area (Å²) in [5.41, 5.74) is -0.338. The molecule has 0 saturated heterocycles. The summed E-state index contributed by atoms with van der Waals surface area (Å²) in [6, 6.07) is 2.56. The summed E-state index contributed by atoms with van der Waals surface area (Å²) in [6.07, 6.45) is 0.268. The Morgan fingerprint density at radius 1 is 1.13 bits per heavy atom. The molecule has 0 fully saturated rings. The second kappa shape index (κ2) is 9.71. The molecule has 0 unspecified atom stereocenters. The minimum absolute atomic E-state index is 0.00426. The smallest absolute Gasteiger partial charge is 0.335 e. The standard InChI is InChI=1S/C17H20N6O7S/c1-23(2)15(25)11-6-5-10(18-9-24)7-12(11)31(27,28)22-17(26)21-16-19-13(29-3)8-14(20-16)30-4/h5-9H,1-4H3,(H,18,24)(H2,19,20,21,22,26)/i3D3,4D3. The van der Waals surface area contributed by atoms with Crippen molar-refractivity contribution in [1.82, 2.24) is 19.6 Å². The number of nitrogens with one attached hydrogen (secondary N) is 3. The molecule has 0 aliphatic rings. The van der Waals surface area contributed by atoms with Crippen molar-refractivity contribution in [2.45, 2.75) is 4.90 Å². The van der Waals surface area contributed by atoms with E-state index in [9.17, 15) is 22.8 Å². The largest absolute Gasteiger partial charge is 0.481 e. The molecule has 0 bridgehead atoms. The van der Waals surface area contributed by atoms with E-state index in [1.54, 1.807) is 4.72 Å². The Balaban J connectivity index is 2.40. The number of carbonyl (C=O) groups is 3. The van der Waals surface area contributed by atoms with E-state index in [-0.39, 0.29) is 17.7 Å². The minimum Gasteiger partial charge on any atom is -0.481 e. The fourth-order valence-corrected chi connectivity index (χ4v) is 3.32. The summed E-state index contributed by atoms with van der Waals surface area (Å²) in [6.45, 7) is 0. The van der Waals surface area contributed by atoms with E-state index in [0.717, 1.165) is 23.1 Å². The number of urea groups is 1. The third kappa shape index (κ3) is 5.79. The normalized spacial score (nSPS) is 14.3. The summed E-state index contributed by atoms with van der Waals surface area (Å²) >= 11 is 0. The number of aromatic nitrogens is 2. The lowest BCUT2D eigenvalue weighted by Gasteiger charge is -2.16. The Morgan fingerprint density at radius 3 is 2.32 bits per heavy atom. The molecule has 13 nitrogen and oxygen atoms in total. The number of hydrogen-bond donors (Lipinski definition) is 3. The highest BCUT2D eigenvalue weighted by Crippen LogP contribution is 2.22. The van der Waals surface area contributed by atoms with Crippen LogP contribution in [0.3, 0.4) is 0 Å². The first kappa shape index (κ1) is 15.8. The Kier molecular flexibility index (Phi) is 4.96. The maximum Gasteiger partial charge on any atom is 0.335 e. The van der Waals surface area contributed by atoms with Gasteiger partial charge in [0.05, 0.1) is 33.9 Å². The minimum atomic E-state index is -4.77. The van der Waals surface area contributed by atoms with Gasteiger partial charge in [0.2, 0.25) is 24.1 Å². The molecule has 14 heteroatoms. The number of rotatable bonds is 8. The third-order valence-electron chi connectivity index (χ3n) is 3.47. The topological polar surface area (TPSA) is 169 Å². The molecule has 2 rings (SSSR count). The van der Waals surface area contributed by atoms with Gasteiger partial charge in [-0.05, 0) is 18.2 Å². The SMILES string of the molecule is [2H]C([2H])([2H])Oc1cc(OC([2H])([2H])[2H])nc(NC(=O)NS(=O)(=O)c2cc(NC=O)ccc2C(=O)N(C)C)n1. The molecule has 0 saturated carbocycles. The summed E-state index contributed by atoms with van der Waals surface area (Å²) < 4.78 is 79.5. The van der Waals surface area contributed by atoms with Crippen molar-refractivity contribution in [2.75, 3.05) is 38.8 Å². The highest BCUT2D eigenvalue weighted by atomic mass is 32.2. The van der Waals surface area contributed by atoms with Gasteiger partial charge in [-0.1, -0.05) is 0 Å². The lowest BCUT2D eigenvalue weighted by Crippen LogP contribution is -2.36. The zero-order valence-electron chi connectivity index (χ0n) is 22.0. The van der Waals surface area contributed by atoms with Crippen molar-refractivity contribution < 1.29 is 40.5 Å². The molecule has 3 N–H and O–H groups in total. The molecular formula is C17H20N6O7S. The van der Waals surface area contributed by atoms with Crippen LogP contribution in [-0.2, 0) is 14.8 Å². The fraction of sp³-hybridized carbons (Fsp3) is 0.235. The van der Waals surface area contributed by atoms with E-state index in [2.05, 4.69) is 24.8 Å². The van der Waals surface area contributed by atoms with Gasteiger partial charge in [-0.15, -0.1) is 0 Å². The van der Waals surface area contributed by atoms with Gasteiger partial charge in [0.25, 0.3) is 15.9 Å². The van der Waals surface area contributed by atoms with E-state index in [1.807, 2.05) is 5.32 Å². The molecule has 2 aromatic rings. The molecule has 4 amide bonds. The van der Waals surface area contributed by atoms with Gasteiger partial charge in [-0.3, -0.25) is 14.9 Å². The van der Waals surface area contributed by atoms with Gasteiger partial charge in [-0.2, -0.15) is 9.97 Å². The second-order valence-corrected chi connectivity index (χ2v) is 7.46. The predicted octanol–water partition coefficient (Wildman–Crippen LogP) is 0.274. The maximum atomic E-state index is 12.9. The van der Waals surface area contributed by atoms with Crippen LogP contribution >= 0.6 is 0 Å². The number of carbonyl (C=O) groups excluding carboxylic acids is 3. The van der Waals surface area contributed by atoms with Crippen molar-refractivity contribution in [2.24, 2.45) is 0 Å². The van der Waals surface area contributed by atoms with Gasteiger partial charge >= 0.3 is 6.03 Å². The number of hydrogen-bond acceptors (Lipinski definition) is 9. The Hall–Kier alpha value is -3.94. The summed E-state index contributed by atoms with van der Waals surface area (Å²) in [5.74, 6) is -2.96. The molecule has 0 aliphatic heterocycles. The average Bonchev–Trinajstić information content (AvgIpc) is 2.70. The monoisotopic (exact) mass is 458 g/mol. The molecule has 0 atom stereocenters. The lowest BCUT2D eigenvalue weighted by atomic mass is 10.2. The Morgan fingerprint density at radius 2 is 1.77 bits per heavy atom. The van der Waals surface area contributed by atoms with Gasteiger partial charge in [0.15, 0.2) is 0 Å². The molecule has 166 valence electrons. The zero-order chi connectivity index (χ0) is 28.2.